The van der Waals surface area contributed by atoms with Crippen LogP contribution in [-0.2, 0) is 0 Å². The Labute approximate surface area is 120 Å². The first-order valence-electron chi connectivity index (χ1n) is 7.30. The van der Waals surface area contributed by atoms with Crippen LogP contribution in [0.4, 0.5) is 0 Å². The predicted octanol–water partition coefficient (Wildman–Crippen LogP) is 3.52. The summed E-state index contributed by atoms with van der Waals surface area (Å²) >= 11 is -2.66. The minimum absolute atomic E-state index is 1.26. The fraction of sp³-hybridized carbons (Fsp3) is 0.571. The molecular weight excluding hydrogens is 343 g/mol. The molecule has 0 spiro atoms. The van der Waals surface area contributed by atoms with Gasteiger partial charge in [0.05, 0.1) is 0 Å². The SMILES string of the molecule is CCC[CH2][Sn]([CH2]CCC)([n]1ccnc1)[n]1ccnc1. The summed E-state index contributed by atoms with van der Waals surface area (Å²) in [6.45, 7) is 4.55. The van der Waals surface area contributed by atoms with Crippen LogP contribution in [0.2, 0.25) is 8.87 Å². The maximum atomic E-state index is 4.30. The van der Waals surface area contributed by atoms with E-state index in [9.17, 15) is 0 Å². The number of unbranched alkanes of at least 4 members (excludes halogenated alkanes) is 2. The summed E-state index contributed by atoms with van der Waals surface area (Å²) in [6.07, 6.45) is 17.3. The molecule has 0 saturated carbocycles. The van der Waals surface area contributed by atoms with E-state index in [0.717, 1.165) is 0 Å². The van der Waals surface area contributed by atoms with Crippen LogP contribution >= 0.6 is 0 Å². The van der Waals surface area contributed by atoms with Gasteiger partial charge in [-0.15, -0.1) is 0 Å². The van der Waals surface area contributed by atoms with Crippen molar-refractivity contribution in [2.75, 3.05) is 0 Å². The Morgan fingerprint density at radius 3 is 1.63 bits per heavy atom. The number of nitrogens with zero attached hydrogens (tertiary/aromatic N) is 4. The Morgan fingerprint density at radius 2 is 1.32 bits per heavy atom. The molecule has 2 rings (SSSR count). The van der Waals surface area contributed by atoms with E-state index in [1.807, 2.05) is 25.0 Å². The van der Waals surface area contributed by atoms with Crippen LogP contribution < -0.4 is 0 Å². The van der Waals surface area contributed by atoms with Gasteiger partial charge in [-0.3, -0.25) is 0 Å². The van der Waals surface area contributed by atoms with Crippen LogP contribution in [0.3, 0.4) is 0 Å². The van der Waals surface area contributed by atoms with E-state index < -0.39 is 18.9 Å². The van der Waals surface area contributed by atoms with Crippen molar-refractivity contribution in [2.24, 2.45) is 0 Å². The molecule has 2 aromatic rings. The van der Waals surface area contributed by atoms with E-state index in [-0.39, 0.29) is 0 Å². The van der Waals surface area contributed by atoms with Crippen molar-refractivity contribution in [3.63, 3.8) is 0 Å². The average molecular weight is 367 g/mol. The minimum atomic E-state index is -2.66. The second-order valence-electron chi connectivity index (χ2n) is 5.13. The van der Waals surface area contributed by atoms with E-state index >= 15 is 0 Å². The van der Waals surface area contributed by atoms with Crippen molar-refractivity contribution in [3.05, 3.63) is 37.4 Å². The summed E-state index contributed by atoms with van der Waals surface area (Å²) in [4.78, 5) is 8.59. The summed E-state index contributed by atoms with van der Waals surface area (Å²) in [5.74, 6) is 0. The van der Waals surface area contributed by atoms with Crippen molar-refractivity contribution in [2.45, 2.75) is 48.4 Å². The van der Waals surface area contributed by atoms with Gasteiger partial charge in [0.1, 0.15) is 0 Å². The van der Waals surface area contributed by atoms with Gasteiger partial charge in [0, 0.05) is 0 Å². The monoisotopic (exact) mass is 368 g/mol. The summed E-state index contributed by atoms with van der Waals surface area (Å²) < 4.78 is 7.58. The molecule has 0 aliphatic heterocycles. The molecule has 0 unspecified atom stereocenters. The average Bonchev–Trinajstić information content (AvgIpc) is 3.12. The standard InChI is InChI=1S/2C4H9.2C3H3N2.Sn/c2*1-3-4-2;2*1-2-5-3-4-1;/h2*1,3-4H2,2H3;2*1-3H;/q;;2*-1;+2. The van der Waals surface area contributed by atoms with Crippen LogP contribution in [0.5, 0.6) is 0 Å². The van der Waals surface area contributed by atoms with Gasteiger partial charge in [0.25, 0.3) is 0 Å². The predicted molar refractivity (Wildman–Crippen MR) is 80.4 cm³/mol. The second kappa shape index (κ2) is 7.12. The van der Waals surface area contributed by atoms with Gasteiger partial charge in [-0.05, 0) is 0 Å². The van der Waals surface area contributed by atoms with Crippen LogP contribution in [0.25, 0.3) is 0 Å². The quantitative estimate of drug-likeness (QED) is 0.670. The molecule has 0 N–H and O–H groups in total. The summed E-state index contributed by atoms with van der Waals surface area (Å²) in [6, 6.07) is 0. The van der Waals surface area contributed by atoms with Crippen LogP contribution in [0.15, 0.2) is 37.4 Å². The fourth-order valence-corrected chi connectivity index (χ4v) is 15.9. The molecule has 0 atom stereocenters. The third-order valence-corrected chi connectivity index (χ3v) is 17.4. The summed E-state index contributed by atoms with van der Waals surface area (Å²) in [7, 11) is 0. The van der Waals surface area contributed by atoms with Gasteiger partial charge in [-0.25, -0.2) is 0 Å². The van der Waals surface area contributed by atoms with Gasteiger partial charge in [0.2, 0.25) is 0 Å². The number of hydrogen-bond donors (Lipinski definition) is 0. The number of aromatic nitrogens is 4. The van der Waals surface area contributed by atoms with Crippen LogP contribution in [0, 0.1) is 0 Å². The molecule has 104 valence electrons. The summed E-state index contributed by atoms with van der Waals surface area (Å²) in [5, 5.41) is 0. The molecule has 0 amide bonds. The molecule has 0 radical (unpaired) electrons. The fourth-order valence-electron chi connectivity index (χ4n) is 2.71. The van der Waals surface area contributed by atoms with E-state index in [1.54, 1.807) is 0 Å². The topological polar surface area (TPSA) is 35.6 Å². The van der Waals surface area contributed by atoms with Crippen LogP contribution in [-0.4, -0.2) is 34.5 Å². The molecule has 19 heavy (non-hydrogen) atoms. The molecule has 5 heteroatoms. The second-order valence-corrected chi connectivity index (χ2v) is 16.5. The Hall–Kier alpha value is -0.781. The first kappa shape index (κ1) is 14.6. The summed E-state index contributed by atoms with van der Waals surface area (Å²) in [5.41, 5.74) is 0. The molecule has 0 aliphatic rings. The van der Waals surface area contributed by atoms with E-state index in [2.05, 4.69) is 41.8 Å². The molecule has 0 bridgehead atoms. The Balaban J connectivity index is 2.38. The first-order chi connectivity index (χ1) is 9.33. The third kappa shape index (κ3) is 3.22. The van der Waals surface area contributed by atoms with Gasteiger partial charge >= 0.3 is 120 Å². The first-order valence-corrected chi connectivity index (χ1v) is 13.9. The molecular formula is C14H24N4Sn. The number of rotatable bonds is 8. The molecule has 2 aromatic heterocycles. The van der Waals surface area contributed by atoms with Gasteiger partial charge in [-0.2, -0.15) is 0 Å². The molecule has 2 heterocycles. The van der Waals surface area contributed by atoms with Gasteiger partial charge in [-0.1, -0.05) is 0 Å². The Kier molecular flexibility index (Phi) is 5.48. The normalized spacial score (nSPS) is 11.9. The number of imidazole rings is 2. The molecule has 4 nitrogen and oxygen atoms in total. The number of hydrogen-bond acceptors (Lipinski definition) is 2. The molecule has 0 aromatic carbocycles. The van der Waals surface area contributed by atoms with Gasteiger partial charge in [0.15, 0.2) is 0 Å². The van der Waals surface area contributed by atoms with Gasteiger partial charge < -0.3 is 0 Å². The Bertz CT molecular complexity index is 406. The zero-order chi connectivity index (χ0) is 13.6. The van der Waals surface area contributed by atoms with E-state index in [0.29, 0.717) is 0 Å². The van der Waals surface area contributed by atoms with Crippen molar-refractivity contribution in [1.82, 2.24) is 15.5 Å². The van der Waals surface area contributed by atoms with Crippen molar-refractivity contribution in [1.29, 1.82) is 0 Å². The molecule has 0 saturated heterocycles. The van der Waals surface area contributed by atoms with Crippen LogP contribution in [0.1, 0.15) is 39.5 Å². The van der Waals surface area contributed by atoms with Crippen molar-refractivity contribution >= 4 is 18.9 Å². The van der Waals surface area contributed by atoms with Crippen molar-refractivity contribution in [3.8, 4) is 0 Å². The maximum absolute atomic E-state index is 4.30. The molecule has 0 aliphatic carbocycles. The molecule has 0 fully saturated rings. The Morgan fingerprint density at radius 1 is 0.842 bits per heavy atom. The van der Waals surface area contributed by atoms with E-state index in [1.165, 1.54) is 34.6 Å². The third-order valence-electron chi connectivity index (χ3n) is 3.83. The van der Waals surface area contributed by atoms with Crippen molar-refractivity contribution < 1.29 is 0 Å². The van der Waals surface area contributed by atoms with E-state index in [4.69, 9.17) is 0 Å². The zero-order valence-electron chi connectivity index (χ0n) is 12.0. The zero-order valence-corrected chi connectivity index (χ0v) is 14.8.